The average molecular weight is 322 g/mol. The second-order valence-electron chi connectivity index (χ2n) is 5.55. The predicted octanol–water partition coefficient (Wildman–Crippen LogP) is 2.45. The summed E-state index contributed by atoms with van der Waals surface area (Å²) in [5.74, 6) is -0.241. The molecule has 2 amide bonds. The molecule has 0 unspecified atom stereocenters. The minimum Gasteiger partial charge on any atom is -0.450 e. The molecular formula is C17H23FN2O3. The van der Waals surface area contributed by atoms with Crippen LogP contribution in [0.5, 0.6) is 0 Å². The van der Waals surface area contributed by atoms with Gasteiger partial charge in [-0.1, -0.05) is 12.1 Å². The van der Waals surface area contributed by atoms with Crippen LogP contribution in [0.3, 0.4) is 0 Å². The Balaban J connectivity index is 1.82. The molecule has 5 nitrogen and oxygen atoms in total. The monoisotopic (exact) mass is 322 g/mol. The van der Waals surface area contributed by atoms with Gasteiger partial charge >= 0.3 is 6.09 Å². The molecule has 0 saturated carbocycles. The molecule has 1 heterocycles. The third-order valence-corrected chi connectivity index (χ3v) is 3.89. The fourth-order valence-corrected chi connectivity index (χ4v) is 2.67. The molecule has 2 rings (SSSR count). The first-order valence-corrected chi connectivity index (χ1v) is 8.04. The van der Waals surface area contributed by atoms with E-state index in [1.807, 2.05) is 6.07 Å². The summed E-state index contributed by atoms with van der Waals surface area (Å²) in [5.41, 5.74) is 0.821. The van der Waals surface area contributed by atoms with Crippen molar-refractivity contribution in [2.75, 3.05) is 32.8 Å². The van der Waals surface area contributed by atoms with E-state index in [1.54, 1.807) is 22.8 Å². The lowest BCUT2D eigenvalue weighted by Crippen LogP contribution is -2.37. The number of amides is 2. The van der Waals surface area contributed by atoms with E-state index in [2.05, 4.69) is 0 Å². The Morgan fingerprint density at radius 2 is 1.91 bits per heavy atom. The van der Waals surface area contributed by atoms with Crippen LogP contribution in [0.4, 0.5) is 9.18 Å². The van der Waals surface area contributed by atoms with Crippen molar-refractivity contribution in [2.24, 2.45) is 0 Å². The minimum absolute atomic E-state index is 0.0416. The number of carbonyl (C=O) groups is 2. The van der Waals surface area contributed by atoms with Crippen LogP contribution in [0.1, 0.15) is 25.3 Å². The Morgan fingerprint density at radius 1 is 1.17 bits per heavy atom. The Hall–Kier alpha value is -2.11. The van der Waals surface area contributed by atoms with Crippen molar-refractivity contribution in [2.45, 2.75) is 26.2 Å². The van der Waals surface area contributed by atoms with Crippen LogP contribution < -0.4 is 0 Å². The number of ether oxygens (including phenoxy) is 1. The maximum atomic E-state index is 13.1. The molecule has 0 aliphatic carbocycles. The number of rotatable bonds is 4. The van der Waals surface area contributed by atoms with Gasteiger partial charge in [-0.2, -0.15) is 0 Å². The van der Waals surface area contributed by atoms with E-state index in [9.17, 15) is 14.0 Å². The molecule has 6 heteroatoms. The summed E-state index contributed by atoms with van der Waals surface area (Å²) >= 11 is 0. The molecule has 1 fully saturated rings. The highest BCUT2D eigenvalue weighted by Crippen LogP contribution is 2.10. The molecule has 1 saturated heterocycles. The largest absolute Gasteiger partial charge is 0.450 e. The van der Waals surface area contributed by atoms with Crippen molar-refractivity contribution < 1.29 is 18.7 Å². The summed E-state index contributed by atoms with van der Waals surface area (Å²) in [6.07, 6.45) is 1.30. The lowest BCUT2D eigenvalue weighted by Gasteiger charge is -2.21. The van der Waals surface area contributed by atoms with E-state index in [4.69, 9.17) is 4.74 Å². The van der Waals surface area contributed by atoms with Crippen molar-refractivity contribution >= 4 is 12.0 Å². The highest BCUT2D eigenvalue weighted by atomic mass is 19.1. The van der Waals surface area contributed by atoms with Crippen LogP contribution >= 0.6 is 0 Å². The average Bonchev–Trinajstić information content (AvgIpc) is 2.79. The number of halogens is 1. The predicted molar refractivity (Wildman–Crippen MR) is 84.5 cm³/mol. The number of hydrogen-bond acceptors (Lipinski definition) is 3. The van der Waals surface area contributed by atoms with E-state index < -0.39 is 0 Å². The van der Waals surface area contributed by atoms with Crippen molar-refractivity contribution in [3.05, 3.63) is 35.6 Å². The Labute approximate surface area is 136 Å². The van der Waals surface area contributed by atoms with Crippen LogP contribution in [-0.4, -0.2) is 54.6 Å². The fourth-order valence-electron chi connectivity index (χ4n) is 2.67. The molecule has 0 N–H and O–H groups in total. The lowest BCUT2D eigenvalue weighted by atomic mass is 10.1. The third-order valence-electron chi connectivity index (χ3n) is 3.89. The molecule has 1 aromatic rings. The topological polar surface area (TPSA) is 49.9 Å². The maximum absolute atomic E-state index is 13.1. The van der Waals surface area contributed by atoms with Gasteiger partial charge in [-0.05, 0) is 37.5 Å². The highest BCUT2D eigenvalue weighted by molar-refractivity contribution is 5.76. The second kappa shape index (κ2) is 8.50. The SMILES string of the molecule is CCOC(=O)N1CCCN(C(=O)CCc2cccc(F)c2)CC1. The molecule has 126 valence electrons. The van der Waals surface area contributed by atoms with Crippen molar-refractivity contribution in [1.82, 2.24) is 9.80 Å². The van der Waals surface area contributed by atoms with E-state index in [0.29, 0.717) is 45.6 Å². The highest BCUT2D eigenvalue weighted by Gasteiger charge is 2.22. The molecule has 1 aromatic carbocycles. The van der Waals surface area contributed by atoms with Gasteiger partial charge in [0.25, 0.3) is 0 Å². The summed E-state index contributed by atoms with van der Waals surface area (Å²) < 4.78 is 18.1. The van der Waals surface area contributed by atoms with Gasteiger partial charge in [0.2, 0.25) is 5.91 Å². The standard InChI is InChI=1S/C17H23FN2O3/c1-2-23-17(22)20-10-4-9-19(11-12-20)16(21)8-7-14-5-3-6-15(18)13-14/h3,5-6,13H,2,4,7-12H2,1H3. The van der Waals surface area contributed by atoms with Gasteiger partial charge in [0.05, 0.1) is 6.61 Å². The molecule has 1 aliphatic heterocycles. The molecule has 0 aromatic heterocycles. The van der Waals surface area contributed by atoms with Gasteiger partial charge in [-0.3, -0.25) is 4.79 Å². The maximum Gasteiger partial charge on any atom is 0.409 e. The van der Waals surface area contributed by atoms with Gasteiger partial charge in [0.15, 0.2) is 0 Å². The minimum atomic E-state index is -0.318. The number of benzene rings is 1. The third kappa shape index (κ3) is 5.23. The summed E-state index contributed by atoms with van der Waals surface area (Å²) in [6, 6.07) is 6.32. The van der Waals surface area contributed by atoms with Gasteiger partial charge in [0.1, 0.15) is 5.82 Å². The molecular weight excluding hydrogens is 299 g/mol. The number of hydrogen-bond donors (Lipinski definition) is 0. The van der Waals surface area contributed by atoms with E-state index in [-0.39, 0.29) is 17.8 Å². The molecule has 0 atom stereocenters. The van der Waals surface area contributed by atoms with Gasteiger partial charge < -0.3 is 14.5 Å². The van der Waals surface area contributed by atoms with Crippen LogP contribution in [0.15, 0.2) is 24.3 Å². The summed E-state index contributed by atoms with van der Waals surface area (Å²) in [4.78, 5) is 27.5. The van der Waals surface area contributed by atoms with E-state index >= 15 is 0 Å². The summed E-state index contributed by atoms with van der Waals surface area (Å²) in [6.45, 7) is 4.37. The number of carbonyl (C=O) groups excluding carboxylic acids is 2. The molecule has 1 aliphatic rings. The van der Waals surface area contributed by atoms with Crippen LogP contribution in [0.25, 0.3) is 0 Å². The first-order valence-electron chi connectivity index (χ1n) is 8.04. The molecule has 0 radical (unpaired) electrons. The smallest absolute Gasteiger partial charge is 0.409 e. The van der Waals surface area contributed by atoms with Gasteiger partial charge in [-0.15, -0.1) is 0 Å². The van der Waals surface area contributed by atoms with E-state index in [1.165, 1.54) is 12.1 Å². The lowest BCUT2D eigenvalue weighted by molar-refractivity contribution is -0.131. The zero-order valence-corrected chi connectivity index (χ0v) is 13.5. The van der Waals surface area contributed by atoms with Crippen molar-refractivity contribution in [3.8, 4) is 0 Å². The van der Waals surface area contributed by atoms with Crippen LogP contribution in [-0.2, 0) is 16.0 Å². The Bertz CT molecular complexity index is 550. The molecule has 0 bridgehead atoms. The van der Waals surface area contributed by atoms with Crippen LogP contribution in [0.2, 0.25) is 0 Å². The molecule has 0 spiro atoms. The van der Waals surface area contributed by atoms with Gasteiger partial charge in [0, 0.05) is 32.6 Å². The number of nitrogens with zero attached hydrogens (tertiary/aromatic N) is 2. The second-order valence-corrected chi connectivity index (χ2v) is 5.55. The Morgan fingerprint density at radius 3 is 2.65 bits per heavy atom. The first kappa shape index (κ1) is 17.2. The Kier molecular flexibility index (Phi) is 6.38. The van der Waals surface area contributed by atoms with Crippen molar-refractivity contribution in [1.29, 1.82) is 0 Å². The molecule has 23 heavy (non-hydrogen) atoms. The first-order chi connectivity index (χ1) is 11.1. The number of aryl methyl sites for hydroxylation is 1. The summed E-state index contributed by atoms with van der Waals surface area (Å²) in [7, 11) is 0. The zero-order chi connectivity index (χ0) is 16.7. The normalized spacial score (nSPS) is 15.2. The van der Waals surface area contributed by atoms with Gasteiger partial charge in [-0.25, -0.2) is 9.18 Å². The zero-order valence-electron chi connectivity index (χ0n) is 13.5. The van der Waals surface area contributed by atoms with Crippen molar-refractivity contribution in [3.63, 3.8) is 0 Å². The van der Waals surface area contributed by atoms with E-state index in [0.717, 1.165) is 12.0 Å². The quantitative estimate of drug-likeness (QED) is 0.855. The summed E-state index contributed by atoms with van der Waals surface area (Å²) in [5, 5.41) is 0. The fraction of sp³-hybridized carbons (Fsp3) is 0.529. The van der Waals surface area contributed by atoms with Crippen LogP contribution in [0, 0.1) is 5.82 Å².